The second kappa shape index (κ2) is 6.76. The van der Waals surface area contributed by atoms with Crippen LogP contribution in [0, 0.1) is 0 Å². The van der Waals surface area contributed by atoms with Crippen molar-refractivity contribution in [1.29, 1.82) is 0 Å². The maximum absolute atomic E-state index is 11.6. The van der Waals surface area contributed by atoms with Crippen molar-refractivity contribution < 1.29 is 24.5 Å². The van der Waals surface area contributed by atoms with Gasteiger partial charge in [0.05, 0.1) is 17.7 Å². The lowest BCUT2D eigenvalue weighted by Crippen LogP contribution is -2.13. The molecule has 2 aromatic rings. The minimum atomic E-state index is -1.27. The Morgan fingerprint density at radius 3 is 2.23 bits per heavy atom. The fourth-order valence-corrected chi connectivity index (χ4v) is 2.32. The molecule has 0 unspecified atom stereocenters. The van der Waals surface area contributed by atoms with Crippen LogP contribution < -0.4 is 4.74 Å². The van der Waals surface area contributed by atoms with Crippen LogP contribution >= 0.6 is 0 Å². The third-order valence-corrected chi connectivity index (χ3v) is 3.24. The van der Waals surface area contributed by atoms with Gasteiger partial charge in [-0.25, -0.2) is 9.59 Å². The van der Waals surface area contributed by atoms with Gasteiger partial charge in [-0.2, -0.15) is 0 Å². The lowest BCUT2D eigenvalue weighted by molar-refractivity contribution is 0.0650. The first kappa shape index (κ1) is 15.6. The molecule has 2 N–H and O–H groups in total. The Hall–Kier alpha value is -2.82. The molecule has 0 aromatic heterocycles. The molecule has 0 saturated heterocycles. The molecule has 0 fully saturated rings. The lowest BCUT2D eigenvalue weighted by Gasteiger charge is -2.15. The van der Waals surface area contributed by atoms with Gasteiger partial charge in [0, 0.05) is 12.0 Å². The molecule has 0 saturated carbocycles. The summed E-state index contributed by atoms with van der Waals surface area (Å²) in [5.74, 6) is -2.15. The molecular weight excluding hydrogens is 284 g/mol. The van der Waals surface area contributed by atoms with E-state index in [0.717, 1.165) is 5.56 Å². The molecule has 114 valence electrons. The van der Waals surface area contributed by atoms with Gasteiger partial charge in [0.2, 0.25) is 0 Å². The number of benzene rings is 2. The minimum absolute atomic E-state index is 0.220. The van der Waals surface area contributed by atoms with Gasteiger partial charge in [-0.3, -0.25) is 0 Å². The molecule has 2 aromatic carbocycles. The molecule has 0 radical (unpaired) electrons. The van der Waals surface area contributed by atoms with E-state index in [-0.39, 0.29) is 11.1 Å². The van der Waals surface area contributed by atoms with E-state index in [1.54, 1.807) is 6.92 Å². The van der Waals surface area contributed by atoms with Gasteiger partial charge in [0.25, 0.3) is 0 Å². The molecule has 22 heavy (non-hydrogen) atoms. The topological polar surface area (TPSA) is 83.8 Å². The van der Waals surface area contributed by atoms with Crippen molar-refractivity contribution in [3.63, 3.8) is 0 Å². The SMILES string of the molecule is CCOc1ccc(C(=O)O)c(C(=O)O)c1Cc1ccccc1. The summed E-state index contributed by atoms with van der Waals surface area (Å²) in [6, 6.07) is 12.0. The number of hydrogen-bond acceptors (Lipinski definition) is 3. The highest BCUT2D eigenvalue weighted by atomic mass is 16.5. The summed E-state index contributed by atoms with van der Waals surface area (Å²) in [4.78, 5) is 22.9. The Morgan fingerprint density at radius 2 is 1.68 bits per heavy atom. The van der Waals surface area contributed by atoms with Crippen LogP contribution in [0.25, 0.3) is 0 Å². The number of aromatic carboxylic acids is 2. The van der Waals surface area contributed by atoms with Crippen molar-refractivity contribution in [2.24, 2.45) is 0 Å². The summed E-state index contributed by atoms with van der Waals surface area (Å²) in [5, 5.41) is 18.7. The van der Waals surface area contributed by atoms with Gasteiger partial charge in [-0.15, -0.1) is 0 Å². The Labute approximate surface area is 127 Å². The monoisotopic (exact) mass is 300 g/mol. The van der Waals surface area contributed by atoms with E-state index >= 15 is 0 Å². The number of carboxylic acid groups (broad SMARTS) is 2. The summed E-state index contributed by atoms with van der Waals surface area (Å²) in [5.41, 5.74) is 0.804. The molecule has 0 atom stereocenters. The number of ether oxygens (including phenoxy) is 1. The number of rotatable bonds is 6. The Balaban J connectivity index is 2.62. The van der Waals surface area contributed by atoms with E-state index in [1.165, 1.54) is 12.1 Å². The van der Waals surface area contributed by atoms with E-state index in [1.807, 2.05) is 30.3 Å². The predicted octanol–water partition coefficient (Wildman–Crippen LogP) is 3.07. The van der Waals surface area contributed by atoms with Crippen LogP contribution in [-0.4, -0.2) is 28.8 Å². The molecule has 0 aliphatic carbocycles. The fourth-order valence-electron chi connectivity index (χ4n) is 2.32. The zero-order valence-electron chi connectivity index (χ0n) is 12.1. The first-order chi connectivity index (χ1) is 10.5. The fraction of sp³-hybridized carbons (Fsp3) is 0.176. The zero-order valence-corrected chi connectivity index (χ0v) is 12.1. The van der Waals surface area contributed by atoms with Crippen molar-refractivity contribution in [3.8, 4) is 5.75 Å². The average Bonchev–Trinajstić information content (AvgIpc) is 2.49. The van der Waals surface area contributed by atoms with Crippen LogP contribution in [0.1, 0.15) is 38.8 Å². The largest absolute Gasteiger partial charge is 0.494 e. The average molecular weight is 300 g/mol. The first-order valence-electron chi connectivity index (χ1n) is 6.83. The molecule has 5 nitrogen and oxygen atoms in total. The van der Waals surface area contributed by atoms with Crippen molar-refractivity contribution in [3.05, 3.63) is 64.7 Å². The van der Waals surface area contributed by atoms with Crippen molar-refractivity contribution in [1.82, 2.24) is 0 Å². The Kier molecular flexibility index (Phi) is 4.78. The third kappa shape index (κ3) is 3.25. The second-order valence-electron chi connectivity index (χ2n) is 4.67. The smallest absolute Gasteiger partial charge is 0.337 e. The van der Waals surface area contributed by atoms with Crippen LogP contribution in [0.2, 0.25) is 0 Å². The van der Waals surface area contributed by atoms with Crippen LogP contribution in [0.5, 0.6) is 5.75 Å². The quantitative estimate of drug-likeness (QED) is 0.856. The lowest BCUT2D eigenvalue weighted by atomic mass is 9.94. The van der Waals surface area contributed by atoms with Gasteiger partial charge in [-0.05, 0) is 24.6 Å². The van der Waals surface area contributed by atoms with Crippen LogP contribution in [0.3, 0.4) is 0 Å². The summed E-state index contributed by atoms with van der Waals surface area (Å²) in [7, 11) is 0. The molecule has 0 heterocycles. The molecule has 2 rings (SSSR count). The summed E-state index contributed by atoms with van der Waals surface area (Å²) < 4.78 is 5.48. The maximum Gasteiger partial charge on any atom is 0.337 e. The second-order valence-corrected chi connectivity index (χ2v) is 4.67. The highest BCUT2D eigenvalue weighted by Gasteiger charge is 2.23. The molecule has 0 amide bonds. The summed E-state index contributed by atoms with van der Waals surface area (Å²) in [6.07, 6.45) is 0.291. The molecule has 0 spiro atoms. The maximum atomic E-state index is 11.6. The van der Waals surface area contributed by atoms with Gasteiger partial charge < -0.3 is 14.9 Å². The highest BCUT2D eigenvalue weighted by molar-refractivity contribution is 6.03. The molecule has 0 bridgehead atoms. The van der Waals surface area contributed by atoms with Gasteiger partial charge >= 0.3 is 11.9 Å². The van der Waals surface area contributed by atoms with Crippen LogP contribution in [0.4, 0.5) is 0 Å². The van der Waals surface area contributed by atoms with Crippen LogP contribution in [0.15, 0.2) is 42.5 Å². The number of hydrogen-bond donors (Lipinski definition) is 2. The molecule has 0 aliphatic heterocycles. The van der Waals surface area contributed by atoms with E-state index in [9.17, 15) is 19.8 Å². The van der Waals surface area contributed by atoms with Crippen molar-refractivity contribution >= 4 is 11.9 Å². The van der Waals surface area contributed by atoms with E-state index in [2.05, 4.69) is 0 Å². The Bertz CT molecular complexity index is 692. The molecule has 5 heteroatoms. The normalized spacial score (nSPS) is 10.2. The van der Waals surface area contributed by atoms with Gasteiger partial charge in [0.15, 0.2) is 0 Å². The Morgan fingerprint density at radius 1 is 1.00 bits per heavy atom. The standard InChI is InChI=1S/C17H16O5/c1-2-22-14-9-8-12(16(18)19)15(17(20)21)13(14)10-11-6-4-3-5-7-11/h3-9H,2,10H2,1H3,(H,18,19)(H,20,21). The summed E-state index contributed by atoms with van der Waals surface area (Å²) in [6.45, 7) is 2.16. The van der Waals surface area contributed by atoms with Gasteiger partial charge in [0.1, 0.15) is 5.75 Å². The van der Waals surface area contributed by atoms with E-state index in [4.69, 9.17) is 4.74 Å². The number of carbonyl (C=O) groups is 2. The first-order valence-corrected chi connectivity index (χ1v) is 6.83. The zero-order chi connectivity index (χ0) is 16.1. The van der Waals surface area contributed by atoms with Crippen molar-refractivity contribution in [2.45, 2.75) is 13.3 Å². The van der Waals surface area contributed by atoms with Crippen LogP contribution in [-0.2, 0) is 6.42 Å². The van der Waals surface area contributed by atoms with E-state index in [0.29, 0.717) is 24.3 Å². The van der Waals surface area contributed by atoms with Gasteiger partial charge in [-0.1, -0.05) is 30.3 Å². The number of carboxylic acids is 2. The summed E-state index contributed by atoms with van der Waals surface area (Å²) >= 11 is 0. The minimum Gasteiger partial charge on any atom is -0.494 e. The highest BCUT2D eigenvalue weighted by Crippen LogP contribution is 2.29. The molecular formula is C17H16O5. The van der Waals surface area contributed by atoms with Crippen molar-refractivity contribution in [2.75, 3.05) is 6.61 Å². The molecule has 0 aliphatic rings. The van der Waals surface area contributed by atoms with E-state index < -0.39 is 11.9 Å². The third-order valence-electron chi connectivity index (χ3n) is 3.24. The predicted molar refractivity (Wildman–Crippen MR) is 80.8 cm³/mol.